The summed E-state index contributed by atoms with van der Waals surface area (Å²) in [5, 5.41) is 21.7. The molecule has 1 aromatic heterocycles. The van der Waals surface area contributed by atoms with Crippen molar-refractivity contribution in [2.75, 3.05) is 5.32 Å². The third-order valence-electron chi connectivity index (χ3n) is 4.51. The number of hydrogen-bond donors (Lipinski definition) is 2. The summed E-state index contributed by atoms with van der Waals surface area (Å²) in [6.07, 6.45) is 8.89. The largest absolute Gasteiger partial charge is 0.481 e. The smallest absolute Gasteiger partial charge is 0.307 e. The maximum atomic E-state index is 12.4. The molecule has 0 fully saturated rings. The van der Waals surface area contributed by atoms with Crippen molar-refractivity contribution in [2.45, 2.75) is 58.3 Å². The van der Waals surface area contributed by atoms with Crippen LogP contribution in [0.3, 0.4) is 0 Å². The van der Waals surface area contributed by atoms with E-state index in [0.717, 1.165) is 30.7 Å². The molecule has 7 heteroatoms. The predicted molar refractivity (Wildman–Crippen MR) is 94.1 cm³/mol. The Kier molecular flexibility index (Phi) is 6.90. The van der Waals surface area contributed by atoms with Gasteiger partial charge in [0.05, 0.1) is 11.8 Å². The molecule has 1 aliphatic rings. The number of allylic oxidation sites excluding steroid dienone is 2. The van der Waals surface area contributed by atoms with E-state index in [-0.39, 0.29) is 5.91 Å². The molecule has 0 aromatic carbocycles. The molecule has 2 rings (SSSR count). The van der Waals surface area contributed by atoms with E-state index in [0.29, 0.717) is 23.9 Å². The summed E-state index contributed by atoms with van der Waals surface area (Å²) in [6, 6.07) is 0. The molecular weight excluding hydrogens is 326 g/mol. The molecule has 0 bridgehead atoms. The predicted octanol–water partition coefficient (Wildman–Crippen LogP) is 3.83. The van der Waals surface area contributed by atoms with Gasteiger partial charge in [0.2, 0.25) is 11.0 Å². The Bertz CT molecular complexity index is 600. The lowest BCUT2D eigenvalue weighted by molar-refractivity contribution is -0.146. The average molecular weight is 351 g/mol. The number of hydrogen-bond acceptors (Lipinski definition) is 5. The van der Waals surface area contributed by atoms with Crippen molar-refractivity contribution in [1.82, 2.24) is 10.2 Å². The van der Waals surface area contributed by atoms with Gasteiger partial charge in [0, 0.05) is 5.92 Å². The Hall–Kier alpha value is -1.76. The van der Waals surface area contributed by atoms with Gasteiger partial charge in [-0.25, -0.2) is 0 Å². The molecule has 3 atom stereocenters. The first-order valence-corrected chi connectivity index (χ1v) is 9.40. The lowest BCUT2D eigenvalue weighted by atomic mass is 9.82. The van der Waals surface area contributed by atoms with E-state index in [9.17, 15) is 14.7 Å². The molecule has 132 valence electrons. The van der Waals surface area contributed by atoms with Crippen molar-refractivity contribution in [3.63, 3.8) is 0 Å². The molecule has 0 saturated heterocycles. The second-order valence-corrected chi connectivity index (χ2v) is 7.19. The fourth-order valence-electron chi connectivity index (χ4n) is 2.98. The SMILES string of the molecule is CCCC[C@H](CC)c1nnc(NC(=O)[C@H]2CC=CC[C@H]2C(=O)O)s1. The second-order valence-electron chi connectivity index (χ2n) is 6.18. The topological polar surface area (TPSA) is 92.2 Å². The Labute approximate surface area is 146 Å². The van der Waals surface area contributed by atoms with Gasteiger partial charge in [-0.3, -0.25) is 9.59 Å². The molecule has 0 aliphatic heterocycles. The van der Waals surface area contributed by atoms with Crippen LogP contribution in [-0.4, -0.2) is 27.2 Å². The summed E-state index contributed by atoms with van der Waals surface area (Å²) >= 11 is 1.40. The Morgan fingerprint density at radius 3 is 2.62 bits per heavy atom. The number of carboxylic acids is 1. The lowest BCUT2D eigenvalue weighted by Gasteiger charge is -2.23. The number of amides is 1. The average Bonchev–Trinajstić information content (AvgIpc) is 3.03. The van der Waals surface area contributed by atoms with Crippen molar-refractivity contribution >= 4 is 28.3 Å². The number of rotatable bonds is 8. The number of unbranched alkanes of at least 4 members (excludes halogenated alkanes) is 1. The number of anilines is 1. The highest BCUT2D eigenvalue weighted by Crippen LogP contribution is 2.31. The highest BCUT2D eigenvalue weighted by molar-refractivity contribution is 7.15. The van der Waals surface area contributed by atoms with Crippen LogP contribution in [0.25, 0.3) is 0 Å². The number of nitrogens with zero attached hydrogens (tertiary/aromatic N) is 2. The molecule has 2 N–H and O–H groups in total. The quantitative estimate of drug-likeness (QED) is 0.695. The van der Waals surface area contributed by atoms with Crippen LogP contribution in [-0.2, 0) is 9.59 Å². The van der Waals surface area contributed by atoms with Crippen LogP contribution < -0.4 is 5.32 Å². The van der Waals surface area contributed by atoms with E-state index < -0.39 is 17.8 Å². The highest BCUT2D eigenvalue weighted by atomic mass is 32.1. The molecule has 6 nitrogen and oxygen atoms in total. The molecule has 24 heavy (non-hydrogen) atoms. The number of aliphatic carboxylic acids is 1. The minimum absolute atomic E-state index is 0.281. The van der Waals surface area contributed by atoms with Gasteiger partial charge in [0.1, 0.15) is 5.01 Å². The highest BCUT2D eigenvalue weighted by Gasteiger charge is 2.34. The van der Waals surface area contributed by atoms with E-state index in [1.165, 1.54) is 11.3 Å². The first-order chi connectivity index (χ1) is 11.6. The molecule has 0 radical (unpaired) electrons. The van der Waals surface area contributed by atoms with Crippen LogP contribution in [0.2, 0.25) is 0 Å². The normalized spacial score (nSPS) is 21.4. The zero-order valence-electron chi connectivity index (χ0n) is 14.2. The Morgan fingerprint density at radius 2 is 2.00 bits per heavy atom. The number of aromatic nitrogens is 2. The molecule has 1 amide bonds. The molecule has 0 saturated carbocycles. The second kappa shape index (κ2) is 8.92. The van der Waals surface area contributed by atoms with Crippen molar-refractivity contribution in [2.24, 2.45) is 11.8 Å². The summed E-state index contributed by atoms with van der Waals surface area (Å²) in [5.41, 5.74) is 0. The maximum Gasteiger partial charge on any atom is 0.307 e. The maximum absolute atomic E-state index is 12.4. The summed E-state index contributed by atoms with van der Waals surface area (Å²) in [5.74, 6) is -2.06. The number of carbonyl (C=O) groups excluding carboxylic acids is 1. The third kappa shape index (κ3) is 4.63. The fraction of sp³-hybridized carbons (Fsp3) is 0.647. The van der Waals surface area contributed by atoms with Gasteiger partial charge in [-0.1, -0.05) is 50.2 Å². The molecule has 0 unspecified atom stereocenters. The van der Waals surface area contributed by atoms with Crippen molar-refractivity contribution in [3.8, 4) is 0 Å². The van der Waals surface area contributed by atoms with Gasteiger partial charge in [0.25, 0.3) is 0 Å². The number of carboxylic acid groups (broad SMARTS) is 1. The zero-order chi connectivity index (χ0) is 17.5. The van der Waals surface area contributed by atoms with Crippen molar-refractivity contribution in [1.29, 1.82) is 0 Å². The third-order valence-corrected chi connectivity index (χ3v) is 5.51. The fourth-order valence-corrected chi connectivity index (χ4v) is 3.94. The summed E-state index contributed by atoms with van der Waals surface area (Å²) in [4.78, 5) is 23.7. The number of nitrogens with one attached hydrogen (secondary N) is 1. The van der Waals surface area contributed by atoms with Crippen LogP contribution in [0.5, 0.6) is 0 Å². The van der Waals surface area contributed by atoms with Crippen LogP contribution >= 0.6 is 11.3 Å². The molecule has 0 spiro atoms. The molecule has 1 aliphatic carbocycles. The van der Waals surface area contributed by atoms with E-state index in [4.69, 9.17) is 0 Å². The van der Waals surface area contributed by atoms with Gasteiger partial charge < -0.3 is 10.4 Å². The van der Waals surface area contributed by atoms with Crippen LogP contribution in [0.4, 0.5) is 5.13 Å². The van der Waals surface area contributed by atoms with Gasteiger partial charge in [-0.05, 0) is 25.7 Å². The molecule has 1 heterocycles. The Morgan fingerprint density at radius 1 is 1.29 bits per heavy atom. The van der Waals surface area contributed by atoms with Gasteiger partial charge in [-0.15, -0.1) is 10.2 Å². The first kappa shape index (κ1) is 18.6. The molecular formula is C17H25N3O3S. The van der Waals surface area contributed by atoms with E-state index >= 15 is 0 Å². The monoisotopic (exact) mass is 351 g/mol. The van der Waals surface area contributed by atoms with Crippen LogP contribution in [0.1, 0.15) is 63.3 Å². The Balaban J connectivity index is 2.01. The lowest BCUT2D eigenvalue weighted by Crippen LogP contribution is -2.34. The van der Waals surface area contributed by atoms with E-state index in [1.54, 1.807) is 0 Å². The van der Waals surface area contributed by atoms with E-state index in [1.807, 2.05) is 12.2 Å². The zero-order valence-corrected chi connectivity index (χ0v) is 15.0. The summed E-state index contributed by atoms with van der Waals surface area (Å²) in [6.45, 7) is 4.29. The van der Waals surface area contributed by atoms with Crippen LogP contribution in [0.15, 0.2) is 12.2 Å². The van der Waals surface area contributed by atoms with E-state index in [2.05, 4.69) is 29.4 Å². The first-order valence-electron chi connectivity index (χ1n) is 8.58. The van der Waals surface area contributed by atoms with Gasteiger partial charge >= 0.3 is 5.97 Å². The number of carbonyl (C=O) groups is 2. The standard InChI is InChI=1S/C17H25N3O3S/c1-3-5-8-11(4-2)15-19-20-17(24-15)18-14(21)12-9-6-7-10-13(12)16(22)23/h6-7,11-13H,3-5,8-10H2,1-2H3,(H,22,23)(H,18,20,21)/t11-,12-,13+/m0/s1. The van der Waals surface area contributed by atoms with Gasteiger partial charge in [-0.2, -0.15) is 0 Å². The van der Waals surface area contributed by atoms with Crippen LogP contribution in [0, 0.1) is 11.8 Å². The summed E-state index contributed by atoms with van der Waals surface area (Å²) in [7, 11) is 0. The van der Waals surface area contributed by atoms with Gasteiger partial charge in [0.15, 0.2) is 0 Å². The summed E-state index contributed by atoms with van der Waals surface area (Å²) < 4.78 is 0. The van der Waals surface area contributed by atoms with Crippen molar-refractivity contribution < 1.29 is 14.7 Å². The minimum Gasteiger partial charge on any atom is -0.481 e. The molecule has 1 aromatic rings. The van der Waals surface area contributed by atoms with Crippen molar-refractivity contribution in [3.05, 3.63) is 17.2 Å². The minimum atomic E-state index is -0.928.